The largest absolute Gasteiger partial charge is 0.460 e. The van der Waals surface area contributed by atoms with E-state index in [1.807, 2.05) is 25.3 Å². The summed E-state index contributed by atoms with van der Waals surface area (Å²) in [5, 5.41) is 10.6. The number of H-pyrrole nitrogens is 1. The van der Waals surface area contributed by atoms with E-state index in [1.165, 1.54) is 12.0 Å². The molecule has 1 aliphatic carbocycles. The summed E-state index contributed by atoms with van der Waals surface area (Å²) in [6.45, 7) is 5.06. The summed E-state index contributed by atoms with van der Waals surface area (Å²) >= 11 is 0. The predicted molar refractivity (Wildman–Crippen MR) is 65.4 cm³/mol. The van der Waals surface area contributed by atoms with Crippen molar-refractivity contribution in [3.63, 3.8) is 0 Å². The van der Waals surface area contributed by atoms with Crippen molar-refractivity contribution in [2.75, 3.05) is 0 Å². The van der Waals surface area contributed by atoms with Crippen LogP contribution in [-0.2, 0) is 6.54 Å². The lowest BCUT2D eigenvalue weighted by Crippen LogP contribution is -2.17. The Labute approximate surface area is 100 Å². The Morgan fingerprint density at radius 2 is 2.35 bits per heavy atom. The van der Waals surface area contributed by atoms with Crippen molar-refractivity contribution < 1.29 is 4.42 Å². The number of hydrogen-bond donors (Lipinski definition) is 2. The lowest BCUT2D eigenvalue weighted by Gasteiger charge is -2.02. The molecular weight excluding hydrogens is 214 g/mol. The minimum absolute atomic E-state index is 0.677. The smallest absolute Gasteiger partial charge is 0.152 e. The molecule has 17 heavy (non-hydrogen) atoms. The first kappa shape index (κ1) is 10.6. The summed E-state index contributed by atoms with van der Waals surface area (Å²) in [5.41, 5.74) is 2.15. The Balaban J connectivity index is 1.74. The number of aromatic nitrogens is 2. The Morgan fingerprint density at radius 3 is 3.00 bits per heavy atom. The van der Waals surface area contributed by atoms with Gasteiger partial charge in [0.15, 0.2) is 5.76 Å². The van der Waals surface area contributed by atoms with Crippen LogP contribution in [0.15, 0.2) is 22.7 Å². The number of furan rings is 1. The van der Waals surface area contributed by atoms with E-state index in [2.05, 4.69) is 22.4 Å². The average Bonchev–Trinajstić information content (AvgIpc) is 2.72. The van der Waals surface area contributed by atoms with E-state index in [4.69, 9.17) is 4.42 Å². The van der Waals surface area contributed by atoms with Crippen molar-refractivity contribution >= 4 is 0 Å². The first-order chi connectivity index (χ1) is 8.24. The molecule has 1 aliphatic rings. The molecule has 2 aromatic heterocycles. The number of hydrogen-bond acceptors (Lipinski definition) is 3. The van der Waals surface area contributed by atoms with Crippen LogP contribution in [0.4, 0.5) is 0 Å². The Bertz CT molecular complexity index is 514. The fourth-order valence-electron chi connectivity index (χ4n) is 2.07. The molecule has 2 heterocycles. The highest BCUT2D eigenvalue weighted by atomic mass is 16.3. The number of rotatable bonds is 4. The Morgan fingerprint density at radius 1 is 1.53 bits per heavy atom. The summed E-state index contributed by atoms with van der Waals surface area (Å²) in [6.07, 6.45) is 3.15. The molecule has 1 saturated carbocycles. The third-order valence-electron chi connectivity index (χ3n) is 3.37. The van der Waals surface area contributed by atoms with Crippen molar-refractivity contribution in [1.29, 1.82) is 0 Å². The topological polar surface area (TPSA) is 53.9 Å². The standard InChI is InChI=1S/C13H17N3O/c1-8-5-11(8)14-6-10-7-15-16-13(10)12-4-3-9(2)17-12/h3-4,7-8,11,14H,5-6H2,1-2H3,(H,15,16). The number of aromatic amines is 1. The molecule has 3 rings (SSSR count). The van der Waals surface area contributed by atoms with Gasteiger partial charge in [-0.15, -0.1) is 0 Å². The first-order valence-electron chi connectivity index (χ1n) is 6.06. The van der Waals surface area contributed by atoms with Gasteiger partial charge in [-0.2, -0.15) is 5.10 Å². The van der Waals surface area contributed by atoms with Gasteiger partial charge in [0.05, 0.1) is 6.20 Å². The number of aryl methyl sites for hydroxylation is 1. The van der Waals surface area contributed by atoms with Crippen LogP contribution in [0.3, 0.4) is 0 Å². The SMILES string of the molecule is Cc1ccc(-c2[nH]ncc2CNC2CC2C)o1. The molecule has 0 saturated heterocycles. The molecular formula is C13H17N3O. The first-order valence-corrected chi connectivity index (χ1v) is 6.06. The molecule has 0 amide bonds. The van der Waals surface area contributed by atoms with Crippen molar-refractivity contribution in [3.05, 3.63) is 29.7 Å². The highest BCUT2D eigenvalue weighted by Crippen LogP contribution is 2.30. The van der Waals surface area contributed by atoms with Crippen molar-refractivity contribution in [1.82, 2.24) is 15.5 Å². The molecule has 1 fully saturated rings. The zero-order valence-electron chi connectivity index (χ0n) is 10.2. The second-order valence-corrected chi connectivity index (χ2v) is 4.88. The molecule has 90 valence electrons. The molecule has 0 bridgehead atoms. The molecule has 0 aromatic carbocycles. The van der Waals surface area contributed by atoms with E-state index in [0.29, 0.717) is 6.04 Å². The van der Waals surface area contributed by atoms with Gasteiger partial charge >= 0.3 is 0 Å². The van der Waals surface area contributed by atoms with Crippen molar-refractivity contribution in [3.8, 4) is 11.5 Å². The monoisotopic (exact) mass is 231 g/mol. The molecule has 2 aromatic rings. The second kappa shape index (κ2) is 4.04. The lowest BCUT2D eigenvalue weighted by molar-refractivity contribution is 0.545. The van der Waals surface area contributed by atoms with Crippen LogP contribution in [0.2, 0.25) is 0 Å². The second-order valence-electron chi connectivity index (χ2n) is 4.88. The fourth-order valence-corrected chi connectivity index (χ4v) is 2.07. The van der Waals surface area contributed by atoms with E-state index in [0.717, 1.165) is 29.7 Å². The summed E-state index contributed by atoms with van der Waals surface area (Å²) < 4.78 is 5.61. The van der Waals surface area contributed by atoms with Crippen molar-refractivity contribution in [2.45, 2.75) is 32.9 Å². The quantitative estimate of drug-likeness (QED) is 0.850. The van der Waals surface area contributed by atoms with Crippen LogP contribution in [0.1, 0.15) is 24.7 Å². The lowest BCUT2D eigenvalue weighted by atomic mass is 10.2. The van der Waals surface area contributed by atoms with Gasteiger partial charge in [0.2, 0.25) is 0 Å². The summed E-state index contributed by atoms with van der Waals surface area (Å²) in [7, 11) is 0. The zero-order valence-corrected chi connectivity index (χ0v) is 10.2. The van der Waals surface area contributed by atoms with Gasteiger partial charge in [0, 0.05) is 18.2 Å². The van der Waals surface area contributed by atoms with E-state index in [1.54, 1.807) is 0 Å². The van der Waals surface area contributed by atoms with Gasteiger partial charge in [-0.3, -0.25) is 5.10 Å². The predicted octanol–water partition coefficient (Wildman–Crippen LogP) is 2.48. The van der Waals surface area contributed by atoms with Gasteiger partial charge < -0.3 is 9.73 Å². The van der Waals surface area contributed by atoms with E-state index < -0.39 is 0 Å². The van der Waals surface area contributed by atoms with Crippen LogP contribution < -0.4 is 5.32 Å². The van der Waals surface area contributed by atoms with Crippen LogP contribution >= 0.6 is 0 Å². The molecule has 2 unspecified atom stereocenters. The zero-order chi connectivity index (χ0) is 11.8. The van der Waals surface area contributed by atoms with Gasteiger partial charge in [-0.05, 0) is 31.4 Å². The maximum absolute atomic E-state index is 5.61. The third kappa shape index (κ3) is 2.13. The number of nitrogens with one attached hydrogen (secondary N) is 2. The molecule has 0 radical (unpaired) electrons. The van der Waals surface area contributed by atoms with Gasteiger partial charge in [-0.1, -0.05) is 6.92 Å². The van der Waals surface area contributed by atoms with Gasteiger partial charge in [0.25, 0.3) is 0 Å². The Hall–Kier alpha value is -1.55. The van der Waals surface area contributed by atoms with Crippen LogP contribution in [0, 0.1) is 12.8 Å². The summed E-state index contributed by atoms with van der Waals surface area (Å²) in [6, 6.07) is 4.62. The van der Waals surface area contributed by atoms with Gasteiger partial charge in [-0.25, -0.2) is 0 Å². The maximum atomic E-state index is 5.61. The third-order valence-corrected chi connectivity index (χ3v) is 3.37. The minimum Gasteiger partial charge on any atom is -0.460 e. The van der Waals surface area contributed by atoms with Crippen LogP contribution in [0.25, 0.3) is 11.5 Å². The summed E-state index contributed by atoms with van der Waals surface area (Å²) in [4.78, 5) is 0. The average molecular weight is 231 g/mol. The summed E-state index contributed by atoms with van der Waals surface area (Å²) in [5.74, 6) is 2.60. The Kier molecular flexibility index (Phi) is 2.52. The van der Waals surface area contributed by atoms with Crippen LogP contribution in [0.5, 0.6) is 0 Å². The van der Waals surface area contributed by atoms with E-state index in [-0.39, 0.29) is 0 Å². The number of nitrogens with zero attached hydrogens (tertiary/aromatic N) is 1. The van der Waals surface area contributed by atoms with E-state index >= 15 is 0 Å². The molecule has 0 aliphatic heterocycles. The molecule has 0 spiro atoms. The van der Waals surface area contributed by atoms with Gasteiger partial charge in [0.1, 0.15) is 11.5 Å². The normalized spacial score (nSPS) is 22.9. The van der Waals surface area contributed by atoms with E-state index in [9.17, 15) is 0 Å². The maximum Gasteiger partial charge on any atom is 0.152 e. The molecule has 2 atom stereocenters. The fraction of sp³-hybridized carbons (Fsp3) is 0.462. The molecule has 4 heteroatoms. The molecule has 2 N–H and O–H groups in total. The minimum atomic E-state index is 0.677. The highest BCUT2D eigenvalue weighted by Gasteiger charge is 2.31. The van der Waals surface area contributed by atoms with Crippen molar-refractivity contribution in [2.24, 2.45) is 5.92 Å². The molecule has 4 nitrogen and oxygen atoms in total. The van der Waals surface area contributed by atoms with Crippen LogP contribution in [-0.4, -0.2) is 16.2 Å². The highest BCUT2D eigenvalue weighted by molar-refractivity contribution is 5.56.